The van der Waals surface area contributed by atoms with E-state index < -0.39 is 11.9 Å². The minimum atomic E-state index is -0.668. The molecule has 106 valence electrons. The van der Waals surface area contributed by atoms with Gasteiger partial charge in [0.15, 0.2) is 17.7 Å². The molecule has 0 spiro atoms. The maximum Gasteiger partial charge on any atom is 0.261 e. The fourth-order valence-electron chi connectivity index (χ4n) is 1.58. The first kappa shape index (κ1) is 15.4. The molecule has 0 aliphatic rings. The fourth-order valence-corrected chi connectivity index (χ4v) is 1.58. The van der Waals surface area contributed by atoms with Gasteiger partial charge in [-0.1, -0.05) is 26.0 Å². The average Bonchev–Trinajstić information content (AvgIpc) is 2.42. The molecule has 0 fully saturated rings. The second-order valence-electron chi connectivity index (χ2n) is 4.09. The van der Waals surface area contributed by atoms with Crippen molar-refractivity contribution in [3.63, 3.8) is 0 Å². The fraction of sp³-hybridized carbons (Fsp3) is 0.500. The van der Waals surface area contributed by atoms with Crippen molar-refractivity contribution in [3.8, 4) is 5.75 Å². The third kappa shape index (κ3) is 5.26. The van der Waals surface area contributed by atoms with Gasteiger partial charge in [-0.25, -0.2) is 4.39 Å². The van der Waals surface area contributed by atoms with E-state index in [1.807, 2.05) is 13.8 Å². The van der Waals surface area contributed by atoms with Crippen LogP contribution in [0.3, 0.4) is 0 Å². The minimum Gasteiger partial charge on any atom is -0.478 e. The molecular weight excluding hydrogens is 247 g/mol. The molecule has 19 heavy (non-hydrogen) atoms. The second kappa shape index (κ2) is 8.48. The van der Waals surface area contributed by atoms with Gasteiger partial charge in [0, 0.05) is 13.1 Å². The van der Waals surface area contributed by atoms with E-state index in [-0.39, 0.29) is 11.7 Å². The molecule has 0 radical (unpaired) electrons. The Morgan fingerprint density at radius 3 is 2.68 bits per heavy atom. The van der Waals surface area contributed by atoms with E-state index in [0.29, 0.717) is 19.5 Å². The predicted molar refractivity (Wildman–Crippen MR) is 72.7 cm³/mol. The molecular formula is C14H21FN2O2. The van der Waals surface area contributed by atoms with E-state index in [1.54, 1.807) is 12.1 Å². The Morgan fingerprint density at radius 2 is 2.05 bits per heavy atom. The maximum absolute atomic E-state index is 13.4. The van der Waals surface area contributed by atoms with Gasteiger partial charge in [0.2, 0.25) is 0 Å². The summed E-state index contributed by atoms with van der Waals surface area (Å²) in [6.07, 6.45) is -0.181. The molecule has 1 rings (SSSR count). The Kier molecular flexibility index (Phi) is 6.89. The zero-order chi connectivity index (χ0) is 14.1. The van der Waals surface area contributed by atoms with E-state index in [4.69, 9.17) is 4.74 Å². The molecule has 1 aromatic carbocycles. The van der Waals surface area contributed by atoms with Gasteiger partial charge in [0.25, 0.3) is 5.91 Å². The SMILES string of the molecule is CCNCCNC(=O)C(CC)Oc1ccccc1F. The topological polar surface area (TPSA) is 50.4 Å². The van der Waals surface area contributed by atoms with Crippen LogP contribution in [0.25, 0.3) is 0 Å². The van der Waals surface area contributed by atoms with Crippen LogP contribution in [0.2, 0.25) is 0 Å². The van der Waals surface area contributed by atoms with Crippen molar-refractivity contribution in [1.29, 1.82) is 0 Å². The normalized spacial score (nSPS) is 11.9. The zero-order valence-electron chi connectivity index (χ0n) is 11.4. The number of rotatable bonds is 8. The van der Waals surface area contributed by atoms with Crippen molar-refractivity contribution in [1.82, 2.24) is 10.6 Å². The van der Waals surface area contributed by atoms with Crippen LogP contribution in [0.1, 0.15) is 20.3 Å². The van der Waals surface area contributed by atoms with Crippen molar-refractivity contribution in [2.75, 3.05) is 19.6 Å². The zero-order valence-corrected chi connectivity index (χ0v) is 11.4. The lowest BCUT2D eigenvalue weighted by molar-refractivity contribution is -0.128. The molecule has 1 aromatic rings. The average molecular weight is 268 g/mol. The predicted octanol–water partition coefficient (Wildman–Crippen LogP) is 1.71. The molecule has 4 nitrogen and oxygen atoms in total. The van der Waals surface area contributed by atoms with Gasteiger partial charge < -0.3 is 15.4 Å². The molecule has 0 saturated carbocycles. The van der Waals surface area contributed by atoms with Crippen molar-refractivity contribution in [2.24, 2.45) is 0 Å². The summed E-state index contributed by atoms with van der Waals surface area (Å²) in [6, 6.07) is 6.09. The number of benzene rings is 1. The summed E-state index contributed by atoms with van der Waals surface area (Å²) in [5, 5.41) is 5.86. The molecule has 2 N–H and O–H groups in total. The number of carbonyl (C=O) groups is 1. The number of nitrogens with one attached hydrogen (secondary N) is 2. The van der Waals surface area contributed by atoms with E-state index in [0.717, 1.165) is 6.54 Å². The van der Waals surface area contributed by atoms with E-state index >= 15 is 0 Å². The summed E-state index contributed by atoms with van der Waals surface area (Å²) >= 11 is 0. The standard InChI is InChI=1S/C14H21FN2O2/c1-3-12(14(18)17-10-9-16-4-2)19-13-8-6-5-7-11(13)15/h5-8,12,16H,3-4,9-10H2,1-2H3,(H,17,18). The Bertz CT molecular complexity index is 399. The quantitative estimate of drug-likeness (QED) is 0.706. The van der Waals surface area contributed by atoms with Crippen LogP contribution in [0.15, 0.2) is 24.3 Å². The summed E-state index contributed by atoms with van der Waals surface area (Å²) < 4.78 is 18.8. The van der Waals surface area contributed by atoms with Gasteiger partial charge >= 0.3 is 0 Å². The van der Waals surface area contributed by atoms with Gasteiger partial charge in [-0.3, -0.25) is 4.79 Å². The van der Waals surface area contributed by atoms with Crippen molar-refractivity contribution in [3.05, 3.63) is 30.1 Å². The minimum absolute atomic E-state index is 0.108. The maximum atomic E-state index is 13.4. The lowest BCUT2D eigenvalue weighted by Crippen LogP contribution is -2.41. The van der Waals surface area contributed by atoms with Gasteiger partial charge in [0.1, 0.15) is 0 Å². The van der Waals surface area contributed by atoms with Crippen molar-refractivity contribution in [2.45, 2.75) is 26.4 Å². The van der Waals surface area contributed by atoms with Gasteiger partial charge in [-0.15, -0.1) is 0 Å². The molecule has 0 saturated heterocycles. The van der Waals surface area contributed by atoms with Crippen LogP contribution in [0.5, 0.6) is 5.75 Å². The molecule has 1 atom stereocenters. The summed E-state index contributed by atoms with van der Waals surface area (Å²) in [4.78, 5) is 11.9. The van der Waals surface area contributed by atoms with Crippen molar-refractivity contribution >= 4 is 5.91 Å². The summed E-state index contributed by atoms with van der Waals surface area (Å²) in [7, 11) is 0. The smallest absolute Gasteiger partial charge is 0.261 e. The molecule has 0 aliphatic heterocycles. The van der Waals surface area contributed by atoms with Crippen molar-refractivity contribution < 1.29 is 13.9 Å². The number of para-hydroxylation sites is 1. The van der Waals surface area contributed by atoms with Crippen LogP contribution in [-0.4, -0.2) is 31.6 Å². The van der Waals surface area contributed by atoms with Crippen LogP contribution in [-0.2, 0) is 4.79 Å². The number of ether oxygens (including phenoxy) is 1. The number of carbonyl (C=O) groups excluding carboxylic acids is 1. The van der Waals surface area contributed by atoms with Gasteiger partial charge in [0.05, 0.1) is 0 Å². The summed E-state index contributed by atoms with van der Waals surface area (Å²) in [5.74, 6) is -0.568. The van der Waals surface area contributed by atoms with E-state index in [9.17, 15) is 9.18 Å². The number of likely N-dealkylation sites (N-methyl/N-ethyl adjacent to an activating group) is 1. The Hall–Kier alpha value is -1.62. The van der Waals surface area contributed by atoms with Crippen LogP contribution >= 0.6 is 0 Å². The monoisotopic (exact) mass is 268 g/mol. The van der Waals surface area contributed by atoms with Crippen LogP contribution in [0.4, 0.5) is 4.39 Å². The van der Waals surface area contributed by atoms with E-state index in [1.165, 1.54) is 12.1 Å². The highest BCUT2D eigenvalue weighted by Crippen LogP contribution is 2.17. The third-order valence-electron chi connectivity index (χ3n) is 2.62. The molecule has 5 heteroatoms. The molecule has 0 aliphatic carbocycles. The van der Waals surface area contributed by atoms with E-state index in [2.05, 4.69) is 10.6 Å². The summed E-state index contributed by atoms with van der Waals surface area (Å²) in [5.41, 5.74) is 0. The highest BCUT2D eigenvalue weighted by Gasteiger charge is 2.19. The Labute approximate surface area is 113 Å². The molecule has 1 unspecified atom stereocenters. The number of halogens is 1. The highest BCUT2D eigenvalue weighted by atomic mass is 19.1. The first-order valence-corrected chi connectivity index (χ1v) is 6.58. The largest absolute Gasteiger partial charge is 0.478 e. The lowest BCUT2D eigenvalue weighted by atomic mass is 10.2. The molecule has 0 aromatic heterocycles. The number of hydrogen-bond acceptors (Lipinski definition) is 3. The number of amides is 1. The van der Waals surface area contributed by atoms with Gasteiger partial charge in [-0.05, 0) is 25.1 Å². The summed E-state index contributed by atoms with van der Waals surface area (Å²) in [6.45, 7) is 5.92. The number of hydrogen-bond donors (Lipinski definition) is 2. The second-order valence-corrected chi connectivity index (χ2v) is 4.09. The molecule has 0 bridgehead atoms. The highest BCUT2D eigenvalue weighted by molar-refractivity contribution is 5.81. The van der Waals surface area contributed by atoms with Crippen LogP contribution < -0.4 is 15.4 Å². The first-order chi connectivity index (χ1) is 9.19. The Morgan fingerprint density at radius 1 is 1.32 bits per heavy atom. The third-order valence-corrected chi connectivity index (χ3v) is 2.62. The lowest BCUT2D eigenvalue weighted by Gasteiger charge is -2.17. The molecule has 0 heterocycles. The molecule has 1 amide bonds. The Balaban J connectivity index is 2.48. The van der Waals surface area contributed by atoms with Crippen LogP contribution in [0, 0.1) is 5.82 Å². The van der Waals surface area contributed by atoms with Gasteiger partial charge in [-0.2, -0.15) is 0 Å². The first-order valence-electron chi connectivity index (χ1n) is 6.58.